The van der Waals surface area contributed by atoms with Crippen molar-refractivity contribution in [2.24, 2.45) is 0 Å². The van der Waals surface area contributed by atoms with Crippen molar-refractivity contribution in [1.29, 1.82) is 0 Å². The number of aromatic nitrogens is 1. The molecule has 1 N–H and O–H groups in total. The second kappa shape index (κ2) is 5.00. The lowest BCUT2D eigenvalue weighted by molar-refractivity contribution is 0.0697. The lowest BCUT2D eigenvalue weighted by Gasteiger charge is -2.07. The number of carbonyl (C=O) groups is 1. The van der Waals surface area contributed by atoms with Crippen LogP contribution in [0, 0.1) is 0 Å². The standard InChI is InChI=1S/C15H15NO2/c1-10(2)14-9-13(7-8-16-14)11-3-5-12(6-4-11)15(17)18/h3-10H,1-2H3,(H,17,18). The van der Waals surface area contributed by atoms with Gasteiger partial charge in [0.1, 0.15) is 0 Å². The monoisotopic (exact) mass is 241 g/mol. The Balaban J connectivity index is 2.36. The highest BCUT2D eigenvalue weighted by atomic mass is 16.4. The fourth-order valence-corrected chi connectivity index (χ4v) is 1.75. The quantitative estimate of drug-likeness (QED) is 0.893. The third-order valence-electron chi connectivity index (χ3n) is 2.84. The van der Waals surface area contributed by atoms with Crippen molar-refractivity contribution in [2.75, 3.05) is 0 Å². The number of aromatic carboxylic acids is 1. The van der Waals surface area contributed by atoms with Crippen LogP contribution in [0.15, 0.2) is 42.6 Å². The summed E-state index contributed by atoms with van der Waals surface area (Å²) < 4.78 is 0. The summed E-state index contributed by atoms with van der Waals surface area (Å²) in [6.45, 7) is 4.19. The molecule has 3 heteroatoms. The van der Waals surface area contributed by atoms with Crippen molar-refractivity contribution >= 4 is 5.97 Å². The van der Waals surface area contributed by atoms with Crippen molar-refractivity contribution in [3.8, 4) is 11.1 Å². The Kier molecular flexibility index (Phi) is 3.42. The van der Waals surface area contributed by atoms with Gasteiger partial charge in [0.2, 0.25) is 0 Å². The molecule has 0 amide bonds. The molecule has 92 valence electrons. The van der Waals surface area contributed by atoms with Gasteiger partial charge in [-0.15, -0.1) is 0 Å². The molecule has 1 aromatic carbocycles. The Hall–Kier alpha value is -2.16. The number of hydrogen-bond acceptors (Lipinski definition) is 2. The number of benzene rings is 1. The Bertz CT molecular complexity index is 559. The van der Waals surface area contributed by atoms with E-state index < -0.39 is 5.97 Å². The van der Waals surface area contributed by atoms with Crippen molar-refractivity contribution in [2.45, 2.75) is 19.8 Å². The normalized spacial score (nSPS) is 10.6. The van der Waals surface area contributed by atoms with E-state index in [1.165, 1.54) is 0 Å². The number of rotatable bonds is 3. The van der Waals surface area contributed by atoms with E-state index in [4.69, 9.17) is 5.11 Å². The van der Waals surface area contributed by atoms with E-state index in [1.807, 2.05) is 24.3 Å². The summed E-state index contributed by atoms with van der Waals surface area (Å²) in [6.07, 6.45) is 1.79. The van der Waals surface area contributed by atoms with Crippen LogP contribution in [0.3, 0.4) is 0 Å². The van der Waals surface area contributed by atoms with Gasteiger partial charge in [0.15, 0.2) is 0 Å². The summed E-state index contributed by atoms with van der Waals surface area (Å²) in [5.41, 5.74) is 3.40. The fourth-order valence-electron chi connectivity index (χ4n) is 1.75. The van der Waals surface area contributed by atoms with Crippen LogP contribution in [0.25, 0.3) is 11.1 Å². The third kappa shape index (κ3) is 2.56. The van der Waals surface area contributed by atoms with Crippen LogP contribution in [0.4, 0.5) is 0 Å². The highest BCUT2D eigenvalue weighted by molar-refractivity contribution is 5.88. The fraction of sp³-hybridized carbons (Fsp3) is 0.200. The maximum Gasteiger partial charge on any atom is 0.335 e. The van der Waals surface area contributed by atoms with Crippen LogP contribution >= 0.6 is 0 Å². The van der Waals surface area contributed by atoms with Crippen LogP contribution in [-0.4, -0.2) is 16.1 Å². The number of carboxylic acids is 1. The molecule has 0 bridgehead atoms. The SMILES string of the molecule is CC(C)c1cc(-c2ccc(C(=O)O)cc2)ccn1. The lowest BCUT2D eigenvalue weighted by atomic mass is 10.0. The summed E-state index contributed by atoms with van der Waals surface area (Å²) in [6, 6.07) is 10.9. The molecule has 0 unspecified atom stereocenters. The van der Waals surface area contributed by atoms with Gasteiger partial charge in [0.25, 0.3) is 0 Å². The van der Waals surface area contributed by atoms with E-state index in [0.29, 0.717) is 11.5 Å². The Labute approximate surface area is 106 Å². The van der Waals surface area contributed by atoms with Gasteiger partial charge >= 0.3 is 5.97 Å². The topological polar surface area (TPSA) is 50.2 Å². The second-order valence-corrected chi connectivity index (χ2v) is 4.51. The van der Waals surface area contributed by atoms with Gasteiger partial charge in [-0.2, -0.15) is 0 Å². The van der Waals surface area contributed by atoms with E-state index in [2.05, 4.69) is 18.8 Å². The zero-order valence-electron chi connectivity index (χ0n) is 10.4. The van der Waals surface area contributed by atoms with Crippen molar-refractivity contribution in [3.05, 3.63) is 53.9 Å². The molecule has 0 saturated heterocycles. The lowest BCUT2D eigenvalue weighted by Crippen LogP contribution is -1.95. The minimum absolute atomic E-state index is 0.303. The molecule has 0 fully saturated rings. The molecule has 3 nitrogen and oxygen atoms in total. The highest BCUT2D eigenvalue weighted by Gasteiger charge is 2.05. The van der Waals surface area contributed by atoms with Crippen molar-refractivity contribution < 1.29 is 9.90 Å². The van der Waals surface area contributed by atoms with Crippen LogP contribution < -0.4 is 0 Å². The first-order valence-corrected chi connectivity index (χ1v) is 5.87. The molecule has 2 aromatic rings. The molecule has 2 rings (SSSR count). The molecule has 0 radical (unpaired) electrons. The summed E-state index contributed by atoms with van der Waals surface area (Å²) in [5.74, 6) is -0.526. The van der Waals surface area contributed by atoms with Gasteiger partial charge in [0, 0.05) is 11.9 Å². The highest BCUT2D eigenvalue weighted by Crippen LogP contribution is 2.22. The molecule has 1 aromatic heterocycles. The molecular formula is C15H15NO2. The van der Waals surface area contributed by atoms with Crippen LogP contribution in [0.5, 0.6) is 0 Å². The third-order valence-corrected chi connectivity index (χ3v) is 2.84. The first-order chi connectivity index (χ1) is 8.58. The molecule has 0 saturated carbocycles. The van der Waals surface area contributed by atoms with Gasteiger partial charge in [-0.25, -0.2) is 4.79 Å². The van der Waals surface area contributed by atoms with E-state index >= 15 is 0 Å². The van der Waals surface area contributed by atoms with Crippen LogP contribution in [0.2, 0.25) is 0 Å². The van der Waals surface area contributed by atoms with E-state index in [0.717, 1.165) is 16.8 Å². The molecule has 0 spiro atoms. The van der Waals surface area contributed by atoms with Crippen LogP contribution in [-0.2, 0) is 0 Å². The molecule has 0 aliphatic carbocycles. The minimum Gasteiger partial charge on any atom is -0.478 e. The average Bonchev–Trinajstić information content (AvgIpc) is 2.39. The van der Waals surface area contributed by atoms with Gasteiger partial charge in [-0.3, -0.25) is 4.98 Å². The zero-order chi connectivity index (χ0) is 13.1. The maximum absolute atomic E-state index is 10.8. The maximum atomic E-state index is 10.8. The average molecular weight is 241 g/mol. The molecule has 1 heterocycles. The van der Waals surface area contributed by atoms with Gasteiger partial charge in [-0.1, -0.05) is 26.0 Å². The first kappa shape index (κ1) is 12.3. The van der Waals surface area contributed by atoms with Gasteiger partial charge in [-0.05, 0) is 41.3 Å². The second-order valence-electron chi connectivity index (χ2n) is 4.51. The van der Waals surface area contributed by atoms with E-state index in [-0.39, 0.29) is 0 Å². The summed E-state index contributed by atoms with van der Waals surface area (Å²) >= 11 is 0. The summed E-state index contributed by atoms with van der Waals surface area (Å²) in [7, 11) is 0. The molecular weight excluding hydrogens is 226 g/mol. The molecule has 0 aliphatic rings. The summed E-state index contributed by atoms with van der Waals surface area (Å²) in [4.78, 5) is 15.1. The number of carboxylic acid groups (broad SMARTS) is 1. The predicted molar refractivity (Wildman–Crippen MR) is 70.7 cm³/mol. The Morgan fingerprint density at radius 2 is 1.78 bits per heavy atom. The minimum atomic E-state index is -0.904. The summed E-state index contributed by atoms with van der Waals surface area (Å²) in [5, 5.41) is 8.85. The van der Waals surface area contributed by atoms with E-state index in [1.54, 1.807) is 18.3 Å². The Morgan fingerprint density at radius 1 is 1.11 bits per heavy atom. The van der Waals surface area contributed by atoms with Crippen molar-refractivity contribution in [1.82, 2.24) is 4.98 Å². The van der Waals surface area contributed by atoms with Crippen LogP contribution in [0.1, 0.15) is 35.8 Å². The number of hydrogen-bond donors (Lipinski definition) is 1. The molecule has 0 aliphatic heterocycles. The number of pyridine rings is 1. The Morgan fingerprint density at radius 3 is 2.33 bits per heavy atom. The van der Waals surface area contributed by atoms with Gasteiger partial charge in [0.05, 0.1) is 5.56 Å². The smallest absolute Gasteiger partial charge is 0.335 e. The largest absolute Gasteiger partial charge is 0.478 e. The first-order valence-electron chi connectivity index (χ1n) is 5.87. The molecule has 18 heavy (non-hydrogen) atoms. The predicted octanol–water partition coefficient (Wildman–Crippen LogP) is 3.57. The van der Waals surface area contributed by atoms with Gasteiger partial charge < -0.3 is 5.11 Å². The number of nitrogens with zero attached hydrogens (tertiary/aromatic N) is 1. The zero-order valence-corrected chi connectivity index (χ0v) is 10.4. The molecule has 0 atom stereocenters. The van der Waals surface area contributed by atoms with Crippen molar-refractivity contribution in [3.63, 3.8) is 0 Å². The van der Waals surface area contributed by atoms with E-state index in [9.17, 15) is 4.79 Å².